The summed E-state index contributed by atoms with van der Waals surface area (Å²) in [6, 6.07) is 0. The fourth-order valence-electron chi connectivity index (χ4n) is 2.26. The lowest BCUT2D eigenvalue weighted by Gasteiger charge is -2.18. The van der Waals surface area contributed by atoms with Crippen molar-refractivity contribution in [3.63, 3.8) is 0 Å². The molecule has 6 nitrogen and oxygen atoms in total. The molecule has 1 aromatic rings. The summed E-state index contributed by atoms with van der Waals surface area (Å²) in [4.78, 5) is 11.3. The van der Waals surface area contributed by atoms with Crippen LogP contribution in [-0.2, 0) is 6.42 Å². The molecule has 0 spiro atoms. The lowest BCUT2D eigenvalue weighted by Crippen LogP contribution is -2.25. The smallest absolute Gasteiger partial charge is 0.242 e. The number of aryl methyl sites for hydroxylation is 1. The maximum absolute atomic E-state index is 6.11. The Morgan fingerprint density at radius 2 is 1.86 bits per heavy atom. The molecule has 0 atom stereocenters. The molecular weight excluding hydrogens is 278 g/mol. The van der Waals surface area contributed by atoms with Crippen LogP contribution in [0.2, 0.25) is 0 Å². The molecule has 0 amide bonds. The highest BCUT2D eigenvalue weighted by atomic mass is 16.5. The molecule has 0 aromatic carbocycles. The van der Waals surface area contributed by atoms with Crippen LogP contribution >= 0.6 is 0 Å². The number of nitrogens with one attached hydrogen (secondary N) is 1. The summed E-state index contributed by atoms with van der Waals surface area (Å²) < 4.78 is 5.52. The topological polar surface area (TPSA) is 76.3 Å². The quantitative estimate of drug-likeness (QED) is 0.612. The average Bonchev–Trinajstić information content (AvgIpc) is 2.52. The van der Waals surface area contributed by atoms with Crippen molar-refractivity contribution >= 4 is 11.5 Å². The van der Waals surface area contributed by atoms with Crippen molar-refractivity contribution in [3.8, 4) is 5.88 Å². The molecule has 22 heavy (non-hydrogen) atoms. The first-order chi connectivity index (χ1) is 10.7. The minimum Gasteiger partial charge on any atom is -0.476 e. The molecule has 1 rings (SSSR count). The molecule has 6 heteroatoms. The zero-order valence-electron chi connectivity index (χ0n) is 14.5. The molecule has 1 heterocycles. The van der Waals surface area contributed by atoms with E-state index in [1.54, 1.807) is 0 Å². The normalized spacial score (nSPS) is 11.0. The van der Waals surface area contributed by atoms with Gasteiger partial charge >= 0.3 is 0 Å². The van der Waals surface area contributed by atoms with E-state index in [9.17, 15) is 0 Å². The van der Waals surface area contributed by atoms with Gasteiger partial charge in [-0.2, -0.15) is 4.98 Å². The van der Waals surface area contributed by atoms with E-state index in [0.29, 0.717) is 24.0 Å². The monoisotopic (exact) mass is 309 g/mol. The second kappa shape index (κ2) is 10.2. The second-order valence-corrected chi connectivity index (χ2v) is 5.20. The van der Waals surface area contributed by atoms with E-state index in [4.69, 9.17) is 10.5 Å². The predicted octanol–water partition coefficient (Wildman–Crippen LogP) is 2.55. The van der Waals surface area contributed by atoms with Gasteiger partial charge in [0.25, 0.3) is 0 Å². The molecule has 0 unspecified atom stereocenters. The minimum absolute atomic E-state index is 0.493. The Bertz CT molecular complexity index is 435. The van der Waals surface area contributed by atoms with Crippen molar-refractivity contribution in [2.24, 2.45) is 0 Å². The van der Waals surface area contributed by atoms with Crippen LogP contribution in [0.4, 0.5) is 11.5 Å². The number of hydrogen-bond acceptors (Lipinski definition) is 6. The largest absolute Gasteiger partial charge is 0.476 e. The van der Waals surface area contributed by atoms with Gasteiger partial charge in [-0.25, -0.2) is 4.98 Å². The fourth-order valence-corrected chi connectivity index (χ4v) is 2.26. The Kier molecular flexibility index (Phi) is 8.58. The Labute approximate surface area is 134 Å². The van der Waals surface area contributed by atoms with Crippen molar-refractivity contribution in [1.82, 2.24) is 14.9 Å². The Hall–Kier alpha value is -1.56. The number of hydrogen-bond donors (Lipinski definition) is 2. The SMILES string of the molecule is CCCc1nc(NCCCN(CC)CC)c(N)c(OCC)n1. The zero-order valence-corrected chi connectivity index (χ0v) is 14.5. The number of nitrogens with two attached hydrogens (primary N) is 1. The van der Waals surface area contributed by atoms with E-state index in [1.165, 1.54) is 0 Å². The Balaban J connectivity index is 2.67. The van der Waals surface area contributed by atoms with Gasteiger partial charge in [-0.05, 0) is 39.4 Å². The summed E-state index contributed by atoms with van der Waals surface area (Å²) >= 11 is 0. The van der Waals surface area contributed by atoms with Crippen LogP contribution in [-0.4, -0.2) is 47.7 Å². The van der Waals surface area contributed by atoms with Crippen LogP contribution in [0.25, 0.3) is 0 Å². The summed E-state index contributed by atoms with van der Waals surface area (Å²) in [5.74, 6) is 1.97. The fraction of sp³-hybridized carbons (Fsp3) is 0.750. The Morgan fingerprint density at radius 1 is 1.14 bits per heavy atom. The number of anilines is 2. The van der Waals surface area contributed by atoms with Gasteiger partial charge in [0, 0.05) is 13.0 Å². The van der Waals surface area contributed by atoms with Crippen LogP contribution in [0.15, 0.2) is 0 Å². The third-order valence-corrected chi connectivity index (χ3v) is 3.55. The molecule has 0 aliphatic rings. The van der Waals surface area contributed by atoms with Crippen molar-refractivity contribution in [2.45, 2.75) is 47.0 Å². The number of nitrogen functional groups attached to an aromatic ring is 1. The second-order valence-electron chi connectivity index (χ2n) is 5.20. The maximum Gasteiger partial charge on any atom is 0.242 e. The third-order valence-electron chi connectivity index (χ3n) is 3.55. The Morgan fingerprint density at radius 3 is 2.45 bits per heavy atom. The summed E-state index contributed by atoms with van der Waals surface area (Å²) in [6.45, 7) is 13.0. The van der Waals surface area contributed by atoms with Crippen LogP contribution in [0.1, 0.15) is 46.4 Å². The van der Waals surface area contributed by atoms with Gasteiger partial charge in [0.15, 0.2) is 5.82 Å². The molecule has 126 valence electrons. The number of ether oxygens (including phenoxy) is 1. The summed E-state index contributed by atoms with van der Waals surface area (Å²) in [5, 5.41) is 3.33. The molecule has 3 N–H and O–H groups in total. The van der Waals surface area contributed by atoms with Gasteiger partial charge in [0.05, 0.1) is 6.61 Å². The highest BCUT2D eigenvalue weighted by Crippen LogP contribution is 2.26. The number of rotatable bonds is 11. The van der Waals surface area contributed by atoms with Gasteiger partial charge in [-0.3, -0.25) is 0 Å². The van der Waals surface area contributed by atoms with E-state index in [2.05, 4.69) is 41.0 Å². The predicted molar refractivity (Wildman–Crippen MR) is 92.5 cm³/mol. The standard InChI is InChI=1S/C16H31N5O/c1-5-10-13-19-15(14(17)16(20-13)22-8-4)18-11-9-12-21(6-2)7-3/h5-12,17H2,1-4H3,(H,18,19,20). The summed E-state index contributed by atoms with van der Waals surface area (Å²) in [6.07, 6.45) is 2.88. The lowest BCUT2D eigenvalue weighted by molar-refractivity contribution is 0.303. The van der Waals surface area contributed by atoms with E-state index in [0.717, 1.165) is 51.3 Å². The highest BCUT2D eigenvalue weighted by molar-refractivity contribution is 5.66. The van der Waals surface area contributed by atoms with Crippen LogP contribution in [0, 0.1) is 0 Å². The first-order valence-electron chi connectivity index (χ1n) is 8.41. The van der Waals surface area contributed by atoms with Crippen molar-refractivity contribution in [3.05, 3.63) is 5.82 Å². The molecule has 0 aliphatic carbocycles. The highest BCUT2D eigenvalue weighted by Gasteiger charge is 2.12. The van der Waals surface area contributed by atoms with Crippen LogP contribution in [0.5, 0.6) is 5.88 Å². The molecule has 1 aromatic heterocycles. The summed E-state index contributed by atoms with van der Waals surface area (Å²) in [7, 11) is 0. The minimum atomic E-state index is 0.493. The van der Waals surface area contributed by atoms with E-state index < -0.39 is 0 Å². The molecule has 0 bridgehead atoms. The van der Waals surface area contributed by atoms with Crippen molar-refractivity contribution < 1.29 is 4.74 Å². The number of aromatic nitrogens is 2. The summed E-state index contributed by atoms with van der Waals surface area (Å²) in [5.41, 5.74) is 6.61. The zero-order chi connectivity index (χ0) is 16.4. The first-order valence-corrected chi connectivity index (χ1v) is 8.41. The number of nitrogens with zero attached hydrogens (tertiary/aromatic N) is 3. The molecule has 0 radical (unpaired) electrons. The molecule has 0 saturated carbocycles. The van der Waals surface area contributed by atoms with Gasteiger partial charge in [-0.1, -0.05) is 20.8 Å². The molecule has 0 aliphatic heterocycles. The van der Waals surface area contributed by atoms with E-state index in [-0.39, 0.29) is 0 Å². The van der Waals surface area contributed by atoms with Gasteiger partial charge in [0.1, 0.15) is 11.5 Å². The third kappa shape index (κ3) is 5.67. The molecule has 0 fully saturated rings. The maximum atomic E-state index is 6.11. The van der Waals surface area contributed by atoms with Crippen molar-refractivity contribution in [2.75, 3.05) is 43.8 Å². The lowest BCUT2D eigenvalue weighted by atomic mass is 10.3. The van der Waals surface area contributed by atoms with Gasteiger partial charge in [-0.15, -0.1) is 0 Å². The molecule has 0 saturated heterocycles. The molecular formula is C16H31N5O. The average molecular weight is 309 g/mol. The van der Waals surface area contributed by atoms with Gasteiger partial charge in [0.2, 0.25) is 5.88 Å². The van der Waals surface area contributed by atoms with E-state index >= 15 is 0 Å². The first kappa shape index (κ1) is 18.5. The van der Waals surface area contributed by atoms with Gasteiger partial charge < -0.3 is 20.7 Å². The van der Waals surface area contributed by atoms with Crippen LogP contribution in [0.3, 0.4) is 0 Å². The van der Waals surface area contributed by atoms with Crippen molar-refractivity contribution in [1.29, 1.82) is 0 Å². The van der Waals surface area contributed by atoms with E-state index in [1.807, 2.05) is 6.92 Å². The van der Waals surface area contributed by atoms with Crippen LogP contribution < -0.4 is 15.8 Å².